The number of benzene rings is 1. The van der Waals surface area contributed by atoms with Crippen molar-refractivity contribution in [3.63, 3.8) is 0 Å². The molecule has 18 heavy (non-hydrogen) atoms. The van der Waals surface area contributed by atoms with E-state index in [-0.39, 0.29) is 6.04 Å². The Bertz CT molecular complexity index is 433. The molecule has 0 amide bonds. The van der Waals surface area contributed by atoms with Crippen LogP contribution in [-0.4, -0.2) is 18.7 Å². The van der Waals surface area contributed by atoms with E-state index in [4.69, 9.17) is 15.2 Å². The van der Waals surface area contributed by atoms with E-state index in [1.54, 1.807) is 12.1 Å². The maximum absolute atomic E-state index is 12.1. The fourth-order valence-corrected chi connectivity index (χ4v) is 1.50. The number of ether oxygens (including phenoxy) is 2. The summed E-state index contributed by atoms with van der Waals surface area (Å²) in [4.78, 5) is 12.1. The minimum Gasteiger partial charge on any atom is -0.496 e. The van der Waals surface area contributed by atoms with Crippen LogP contribution in [0.1, 0.15) is 49.7 Å². The van der Waals surface area contributed by atoms with Crippen LogP contribution in [0.3, 0.4) is 0 Å². The van der Waals surface area contributed by atoms with Crippen LogP contribution in [0.2, 0.25) is 0 Å². The molecule has 0 aliphatic heterocycles. The molecule has 2 N–H and O–H groups in total. The highest BCUT2D eigenvalue weighted by Gasteiger charge is 2.21. The molecule has 1 atom stereocenters. The van der Waals surface area contributed by atoms with Gasteiger partial charge >= 0.3 is 5.97 Å². The highest BCUT2D eigenvalue weighted by molar-refractivity contribution is 5.93. The number of esters is 1. The molecule has 0 aliphatic rings. The van der Waals surface area contributed by atoms with Gasteiger partial charge in [0, 0.05) is 6.04 Å². The van der Waals surface area contributed by atoms with E-state index in [1.165, 1.54) is 7.11 Å². The lowest BCUT2D eigenvalue weighted by Crippen LogP contribution is -2.24. The number of nitrogens with two attached hydrogens (primary N) is 1. The minimum atomic E-state index is -0.535. The minimum absolute atomic E-state index is 0.142. The molecule has 0 saturated carbocycles. The van der Waals surface area contributed by atoms with Crippen molar-refractivity contribution in [1.82, 2.24) is 0 Å². The van der Waals surface area contributed by atoms with Gasteiger partial charge < -0.3 is 15.2 Å². The van der Waals surface area contributed by atoms with Crippen LogP contribution < -0.4 is 10.5 Å². The quantitative estimate of drug-likeness (QED) is 0.839. The third-order valence-corrected chi connectivity index (χ3v) is 2.37. The standard InChI is InChI=1S/C14H21NO3/c1-9(15)10-6-7-12(17-5)11(8-10)13(16)18-14(2,3)4/h6-9H,15H2,1-5H3/t9-/m0/s1. The third kappa shape index (κ3) is 3.74. The second-order valence-corrected chi connectivity index (χ2v) is 5.25. The van der Waals surface area contributed by atoms with Crippen LogP contribution in [0.15, 0.2) is 18.2 Å². The van der Waals surface area contributed by atoms with Gasteiger partial charge in [-0.2, -0.15) is 0 Å². The van der Waals surface area contributed by atoms with Crippen molar-refractivity contribution in [1.29, 1.82) is 0 Å². The Labute approximate surface area is 108 Å². The maximum atomic E-state index is 12.1. The number of carbonyl (C=O) groups is 1. The van der Waals surface area contributed by atoms with Gasteiger partial charge in [0.1, 0.15) is 16.9 Å². The van der Waals surface area contributed by atoms with E-state index in [0.29, 0.717) is 11.3 Å². The van der Waals surface area contributed by atoms with E-state index >= 15 is 0 Å². The monoisotopic (exact) mass is 251 g/mol. The van der Waals surface area contributed by atoms with Crippen molar-refractivity contribution in [3.05, 3.63) is 29.3 Å². The van der Waals surface area contributed by atoms with Gasteiger partial charge in [0.2, 0.25) is 0 Å². The number of rotatable bonds is 3. The summed E-state index contributed by atoms with van der Waals surface area (Å²) in [5.41, 5.74) is 6.55. The molecule has 4 heteroatoms. The topological polar surface area (TPSA) is 61.5 Å². The number of methoxy groups -OCH3 is 1. The van der Waals surface area contributed by atoms with Crippen LogP contribution in [-0.2, 0) is 4.74 Å². The van der Waals surface area contributed by atoms with Gasteiger partial charge in [0.15, 0.2) is 0 Å². The fourth-order valence-electron chi connectivity index (χ4n) is 1.50. The number of hydrogen-bond donors (Lipinski definition) is 1. The molecule has 0 bridgehead atoms. The Morgan fingerprint density at radius 2 is 1.94 bits per heavy atom. The number of carbonyl (C=O) groups excluding carboxylic acids is 1. The Morgan fingerprint density at radius 3 is 2.39 bits per heavy atom. The first-order valence-electron chi connectivity index (χ1n) is 5.91. The molecular formula is C14H21NO3. The molecule has 0 unspecified atom stereocenters. The van der Waals surface area contributed by atoms with E-state index in [2.05, 4.69) is 0 Å². The Hall–Kier alpha value is -1.55. The summed E-state index contributed by atoms with van der Waals surface area (Å²) in [6.07, 6.45) is 0. The molecule has 1 aromatic rings. The first-order valence-corrected chi connectivity index (χ1v) is 5.91. The lowest BCUT2D eigenvalue weighted by molar-refractivity contribution is 0.00664. The first-order chi connectivity index (χ1) is 8.24. The van der Waals surface area contributed by atoms with Crippen molar-refractivity contribution in [2.24, 2.45) is 5.73 Å². The average molecular weight is 251 g/mol. The summed E-state index contributed by atoms with van der Waals surface area (Å²) in [6, 6.07) is 5.16. The summed E-state index contributed by atoms with van der Waals surface area (Å²) in [5.74, 6) is 0.0931. The van der Waals surface area contributed by atoms with Crippen molar-refractivity contribution in [2.45, 2.75) is 39.3 Å². The van der Waals surface area contributed by atoms with Gasteiger partial charge in [-0.3, -0.25) is 0 Å². The molecule has 100 valence electrons. The zero-order valence-corrected chi connectivity index (χ0v) is 11.6. The Balaban J connectivity index is 3.12. The Kier molecular flexibility index (Phi) is 4.35. The SMILES string of the molecule is COc1ccc([C@H](C)N)cc1C(=O)OC(C)(C)C. The fraction of sp³-hybridized carbons (Fsp3) is 0.500. The molecular weight excluding hydrogens is 230 g/mol. The predicted octanol–water partition coefficient (Wildman–Crippen LogP) is 2.67. The molecule has 1 aromatic carbocycles. The molecule has 0 fully saturated rings. The molecule has 4 nitrogen and oxygen atoms in total. The van der Waals surface area contributed by atoms with Gasteiger partial charge in [0.25, 0.3) is 0 Å². The largest absolute Gasteiger partial charge is 0.496 e. The van der Waals surface area contributed by atoms with Crippen LogP contribution in [0.4, 0.5) is 0 Å². The van der Waals surface area contributed by atoms with Crippen LogP contribution in [0.5, 0.6) is 5.75 Å². The lowest BCUT2D eigenvalue weighted by atomic mass is 10.0. The van der Waals surface area contributed by atoms with E-state index in [9.17, 15) is 4.79 Å². The predicted molar refractivity (Wildman–Crippen MR) is 70.8 cm³/mol. The molecule has 0 aliphatic carbocycles. The van der Waals surface area contributed by atoms with Crippen LogP contribution >= 0.6 is 0 Å². The summed E-state index contributed by atoms with van der Waals surface area (Å²) < 4.78 is 10.5. The normalized spacial score (nSPS) is 13.0. The van der Waals surface area contributed by atoms with E-state index in [1.807, 2.05) is 33.8 Å². The van der Waals surface area contributed by atoms with Gasteiger partial charge in [-0.05, 0) is 45.4 Å². The van der Waals surface area contributed by atoms with Gasteiger partial charge in [0.05, 0.1) is 7.11 Å². The highest BCUT2D eigenvalue weighted by atomic mass is 16.6. The highest BCUT2D eigenvalue weighted by Crippen LogP contribution is 2.25. The van der Waals surface area contributed by atoms with Gasteiger partial charge in [-0.1, -0.05) is 6.07 Å². The third-order valence-electron chi connectivity index (χ3n) is 2.37. The van der Waals surface area contributed by atoms with Crippen molar-refractivity contribution in [3.8, 4) is 5.75 Å². The summed E-state index contributed by atoms with van der Waals surface area (Å²) in [6.45, 7) is 7.34. The van der Waals surface area contributed by atoms with Crippen molar-refractivity contribution in [2.75, 3.05) is 7.11 Å². The first kappa shape index (κ1) is 14.5. The van der Waals surface area contributed by atoms with Gasteiger partial charge in [-0.15, -0.1) is 0 Å². The lowest BCUT2D eigenvalue weighted by Gasteiger charge is -2.20. The second kappa shape index (κ2) is 5.40. The van der Waals surface area contributed by atoms with E-state index < -0.39 is 11.6 Å². The smallest absolute Gasteiger partial charge is 0.342 e. The zero-order chi connectivity index (χ0) is 13.9. The number of hydrogen-bond acceptors (Lipinski definition) is 4. The molecule has 0 heterocycles. The van der Waals surface area contributed by atoms with Crippen molar-refractivity contribution >= 4 is 5.97 Å². The maximum Gasteiger partial charge on any atom is 0.342 e. The molecule has 1 rings (SSSR count). The van der Waals surface area contributed by atoms with Crippen LogP contribution in [0.25, 0.3) is 0 Å². The molecule has 0 radical (unpaired) electrons. The van der Waals surface area contributed by atoms with Gasteiger partial charge in [-0.25, -0.2) is 4.79 Å². The molecule has 0 spiro atoms. The summed E-state index contributed by atoms with van der Waals surface area (Å²) in [7, 11) is 1.52. The zero-order valence-electron chi connectivity index (χ0n) is 11.6. The summed E-state index contributed by atoms with van der Waals surface area (Å²) in [5, 5.41) is 0. The molecule has 0 aromatic heterocycles. The Morgan fingerprint density at radius 1 is 1.33 bits per heavy atom. The second-order valence-electron chi connectivity index (χ2n) is 5.25. The van der Waals surface area contributed by atoms with Crippen molar-refractivity contribution < 1.29 is 14.3 Å². The van der Waals surface area contributed by atoms with E-state index in [0.717, 1.165) is 5.56 Å². The summed E-state index contributed by atoms with van der Waals surface area (Å²) >= 11 is 0. The van der Waals surface area contributed by atoms with Crippen LogP contribution in [0, 0.1) is 0 Å². The molecule has 0 saturated heterocycles. The average Bonchev–Trinajstić information content (AvgIpc) is 2.25.